The van der Waals surface area contributed by atoms with Gasteiger partial charge in [-0.1, -0.05) is 13.0 Å². The molecule has 1 amide bonds. The Morgan fingerprint density at radius 2 is 2.21 bits per heavy atom. The van der Waals surface area contributed by atoms with Gasteiger partial charge in [0, 0.05) is 18.0 Å². The van der Waals surface area contributed by atoms with E-state index in [1.54, 1.807) is 11.3 Å². The van der Waals surface area contributed by atoms with Crippen LogP contribution in [-0.4, -0.2) is 31.5 Å². The summed E-state index contributed by atoms with van der Waals surface area (Å²) in [5.41, 5.74) is 5.65. The third-order valence-electron chi connectivity index (χ3n) is 2.22. The van der Waals surface area contributed by atoms with E-state index < -0.39 is 0 Å². The van der Waals surface area contributed by atoms with Gasteiger partial charge in [0.15, 0.2) is 5.96 Å². The molecule has 5 nitrogen and oxygen atoms in total. The smallest absolute Gasteiger partial charge is 0.241 e. The number of nitrogens with zero attached hydrogens (tertiary/aromatic N) is 1. The van der Waals surface area contributed by atoms with E-state index in [-0.39, 0.29) is 36.4 Å². The fraction of sp³-hybridized carbons (Fsp3) is 0.500. The van der Waals surface area contributed by atoms with Gasteiger partial charge in [-0.15, -0.1) is 35.3 Å². The summed E-state index contributed by atoms with van der Waals surface area (Å²) in [6.07, 6.45) is 1.83. The number of rotatable bonds is 7. The zero-order chi connectivity index (χ0) is 13.2. The van der Waals surface area contributed by atoms with Crippen molar-refractivity contribution in [3.8, 4) is 0 Å². The average molecular weight is 396 g/mol. The molecule has 1 aromatic rings. The third kappa shape index (κ3) is 8.82. The van der Waals surface area contributed by atoms with Crippen LogP contribution in [0.5, 0.6) is 0 Å². The number of aliphatic imine (C=N–C) groups is 1. The number of thiophene rings is 1. The Morgan fingerprint density at radius 3 is 2.84 bits per heavy atom. The van der Waals surface area contributed by atoms with Gasteiger partial charge in [-0.25, -0.2) is 4.99 Å². The predicted octanol–water partition coefficient (Wildman–Crippen LogP) is 1.34. The van der Waals surface area contributed by atoms with Gasteiger partial charge in [-0.05, 0) is 24.3 Å². The molecule has 0 spiro atoms. The van der Waals surface area contributed by atoms with Crippen LogP contribution in [-0.2, 0) is 11.2 Å². The molecule has 0 fully saturated rings. The van der Waals surface area contributed by atoms with Crippen LogP contribution in [0.25, 0.3) is 0 Å². The first kappa shape index (κ1) is 18.2. The topological polar surface area (TPSA) is 79.5 Å². The molecule has 0 radical (unpaired) electrons. The number of nitrogens with two attached hydrogens (primary N) is 1. The Hall–Kier alpha value is -0.830. The van der Waals surface area contributed by atoms with Gasteiger partial charge in [0.1, 0.15) is 6.54 Å². The lowest BCUT2D eigenvalue weighted by atomic mass is 10.3. The predicted molar refractivity (Wildman–Crippen MR) is 91.2 cm³/mol. The molecule has 1 heterocycles. The van der Waals surface area contributed by atoms with Gasteiger partial charge in [0.05, 0.1) is 0 Å². The maximum Gasteiger partial charge on any atom is 0.241 e. The molecule has 0 bridgehead atoms. The van der Waals surface area contributed by atoms with Crippen molar-refractivity contribution < 1.29 is 4.79 Å². The van der Waals surface area contributed by atoms with Crippen molar-refractivity contribution in [2.75, 3.05) is 19.6 Å². The van der Waals surface area contributed by atoms with Gasteiger partial charge in [-0.3, -0.25) is 4.79 Å². The van der Waals surface area contributed by atoms with Gasteiger partial charge in [0.25, 0.3) is 0 Å². The number of halogens is 1. The fourth-order valence-electron chi connectivity index (χ4n) is 1.30. The monoisotopic (exact) mass is 396 g/mol. The number of nitrogens with one attached hydrogen (secondary N) is 2. The molecular weight excluding hydrogens is 375 g/mol. The van der Waals surface area contributed by atoms with Crippen molar-refractivity contribution >= 4 is 47.2 Å². The van der Waals surface area contributed by atoms with E-state index in [4.69, 9.17) is 5.73 Å². The molecule has 0 atom stereocenters. The second kappa shape index (κ2) is 11.0. The highest BCUT2D eigenvalue weighted by atomic mass is 127. The second-order valence-corrected chi connectivity index (χ2v) is 4.84. The summed E-state index contributed by atoms with van der Waals surface area (Å²) in [4.78, 5) is 16.5. The third-order valence-corrected chi connectivity index (χ3v) is 3.16. The minimum absolute atomic E-state index is 0. The molecule has 108 valence electrons. The zero-order valence-electron chi connectivity index (χ0n) is 11.0. The van der Waals surface area contributed by atoms with Gasteiger partial charge >= 0.3 is 0 Å². The molecule has 0 aliphatic rings. The number of amides is 1. The maximum absolute atomic E-state index is 11.3. The summed E-state index contributed by atoms with van der Waals surface area (Å²) < 4.78 is 0. The molecule has 1 rings (SSSR count). The van der Waals surface area contributed by atoms with E-state index >= 15 is 0 Å². The van der Waals surface area contributed by atoms with Crippen molar-refractivity contribution in [3.05, 3.63) is 22.4 Å². The first-order valence-corrected chi connectivity index (χ1v) is 6.93. The molecule has 0 unspecified atom stereocenters. The van der Waals surface area contributed by atoms with Gasteiger partial charge < -0.3 is 16.4 Å². The Bertz CT molecular complexity index is 381. The number of guanidine groups is 1. The average Bonchev–Trinajstić information content (AvgIpc) is 2.87. The Balaban J connectivity index is 0.00000324. The molecule has 19 heavy (non-hydrogen) atoms. The van der Waals surface area contributed by atoms with Crippen LogP contribution in [0.3, 0.4) is 0 Å². The molecule has 1 aromatic heterocycles. The minimum Gasteiger partial charge on any atom is -0.370 e. The zero-order valence-corrected chi connectivity index (χ0v) is 14.2. The Kier molecular flexibility index (Phi) is 10.6. The highest BCUT2D eigenvalue weighted by Gasteiger charge is 1.99. The first-order chi connectivity index (χ1) is 8.72. The van der Waals surface area contributed by atoms with E-state index in [2.05, 4.69) is 21.7 Å². The van der Waals surface area contributed by atoms with Crippen LogP contribution in [0.2, 0.25) is 0 Å². The minimum atomic E-state index is -0.0974. The first-order valence-electron chi connectivity index (χ1n) is 6.05. The van der Waals surface area contributed by atoms with Crippen molar-refractivity contribution in [3.63, 3.8) is 0 Å². The normalized spacial score (nSPS) is 10.7. The van der Waals surface area contributed by atoms with Crippen LogP contribution < -0.4 is 16.4 Å². The van der Waals surface area contributed by atoms with Crippen LogP contribution in [0.4, 0.5) is 0 Å². The van der Waals surface area contributed by atoms with E-state index in [1.165, 1.54) is 4.88 Å². The van der Waals surface area contributed by atoms with Gasteiger partial charge in [0.2, 0.25) is 5.91 Å². The number of hydrogen-bond donors (Lipinski definition) is 3. The molecule has 4 N–H and O–H groups in total. The van der Waals surface area contributed by atoms with Crippen LogP contribution in [0, 0.1) is 0 Å². The molecular formula is C12H21IN4OS. The molecule has 0 aliphatic heterocycles. The van der Waals surface area contributed by atoms with E-state index in [1.807, 2.05) is 18.4 Å². The summed E-state index contributed by atoms with van der Waals surface area (Å²) in [5, 5.41) is 7.77. The molecule has 0 saturated carbocycles. The quantitative estimate of drug-likeness (QED) is 0.370. The van der Waals surface area contributed by atoms with Crippen molar-refractivity contribution in [1.82, 2.24) is 10.6 Å². The van der Waals surface area contributed by atoms with Gasteiger partial charge in [-0.2, -0.15) is 0 Å². The Morgan fingerprint density at radius 1 is 1.42 bits per heavy atom. The van der Waals surface area contributed by atoms with E-state index in [9.17, 15) is 4.79 Å². The molecule has 0 aliphatic carbocycles. The molecule has 0 aromatic carbocycles. The maximum atomic E-state index is 11.3. The van der Waals surface area contributed by atoms with Crippen molar-refractivity contribution in [2.24, 2.45) is 10.7 Å². The largest absolute Gasteiger partial charge is 0.370 e. The summed E-state index contributed by atoms with van der Waals surface area (Å²) in [5.74, 6) is 0.220. The Labute approximate surface area is 135 Å². The SMILES string of the molecule is CCCNC(=O)CN=C(N)NCCc1cccs1.I. The fourth-order valence-corrected chi connectivity index (χ4v) is 2.01. The summed E-state index contributed by atoms with van der Waals surface area (Å²) >= 11 is 1.72. The highest BCUT2D eigenvalue weighted by molar-refractivity contribution is 14.0. The number of carbonyl (C=O) groups is 1. The summed E-state index contributed by atoms with van der Waals surface area (Å²) in [6, 6.07) is 4.10. The lowest BCUT2D eigenvalue weighted by Crippen LogP contribution is -2.35. The molecule has 7 heteroatoms. The van der Waals surface area contributed by atoms with Crippen LogP contribution in [0.1, 0.15) is 18.2 Å². The standard InChI is InChI=1S/C12H20N4OS.HI/c1-2-6-14-11(17)9-16-12(13)15-7-5-10-4-3-8-18-10;/h3-4,8H,2,5-7,9H2,1H3,(H,14,17)(H3,13,15,16);1H. The second-order valence-electron chi connectivity index (χ2n) is 3.81. The molecule has 0 saturated heterocycles. The lowest BCUT2D eigenvalue weighted by molar-refractivity contribution is -0.119. The lowest BCUT2D eigenvalue weighted by Gasteiger charge is -2.05. The van der Waals surface area contributed by atoms with E-state index in [0.29, 0.717) is 12.5 Å². The van der Waals surface area contributed by atoms with Crippen molar-refractivity contribution in [1.29, 1.82) is 0 Å². The number of carbonyl (C=O) groups excluding carboxylic acids is 1. The van der Waals surface area contributed by atoms with Crippen LogP contribution >= 0.6 is 35.3 Å². The number of hydrogen-bond acceptors (Lipinski definition) is 3. The van der Waals surface area contributed by atoms with E-state index in [0.717, 1.165) is 19.4 Å². The van der Waals surface area contributed by atoms with Crippen LogP contribution in [0.15, 0.2) is 22.5 Å². The van der Waals surface area contributed by atoms with Crippen molar-refractivity contribution in [2.45, 2.75) is 19.8 Å². The summed E-state index contributed by atoms with van der Waals surface area (Å²) in [6.45, 7) is 3.49. The highest BCUT2D eigenvalue weighted by Crippen LogP contribution is 2.07. The summed E-state index contributed by atoms with van der Waals surface area (Å²) in [7, 11) is 0.